The molecule has 0 saturated carbocycles. The number of ether oxygens (including phenoxy) is 1. The Morgan fingerprint density at radius 3 is 2.82 bits per heavy atom. The summed E-state index contributed by atoms with van der Waals surface area (Å²) in [6, 6.07) is 9.37. The lowest BCUT2D eigenvalue weighted by molar-refractivity contribution is -0.136. The fourth-order valence-electron chi connectivity index (χ4n) is 1.92. The number of rotatable bonds is 5. The summed E-state index contributed by atoms with van der Waals surface area (Å²) in [6.45, 7) is 0.814. The minimum Gasteiger partial charge on any atom is -0.480 e. The highest BCUT2D eigenvalue weighted by Crippen LogP contribution is 2.31. The maximum Gasteiger partial charge on any atom is 0.321 e. The van der Waals surface area contributed by atoms with Gasteiger partial charge in [0, 0.05) is 12.4 Å². The fourth-order valence-corrected chi connectivity index (χ4v) is 3.08. The summed E-state index contributed by atoms with van der Waals surface area (Å²) < 4.78 is 5.51. The maximum absolute atomic E-state index is 11.2. The van der Waals surface area contributed by atoms with Crippen LogP contribution in [0.4, 0.5) is 0 Å². The zero-order valence-electron chi connectivity index (χ0n) is 9.54. The third-order valence-corrected chi connectivity index (χ3v) is 4.17. The lowest BCUT2D eigenvalue weighted by Gasteiger charge is -2.15. The Balaban J connectivity index is 1.95. The van der Waals surface area contributed by atoms with Crippen molar-refractivity contribution in [2.24, 2.45) is 0 Å². The van der Waals surface area contributed by atoms with Crippen molar-refractivity contribution in [1.82, 2.24) is 0 Å². The highest BCUT2D eigenvalue weighted by Gasteiger charge is 2.23. The van der Waals surface area contributed by atoms with E-state index in [-0.39, 0.29) is 6.10 Å². The second-order valence-electron chi connectivity index (χ2n) is 4.10. The summed E-state index contributed by atoms with van der Waals surface area (Å²) >= 11 is 1.46. The average molecular weight is 252 g/mol. The quantitative estimate of drug-likeness (QED) is 0.875. The molecule has 3 nitrogen and oxygen atoms in total. The minimum atomic E-state index is -0.779. The van der Waals surface area contributed by atoms with Crippen molar-refractivity contribution < 1.29 is 14.6 Å². The van der Waals surface area contributed by atoms with Crippen molar-refractivity contribution in [3.05, 3.63) is 35.9 Å². The van der Waals surface area contributed by atoms with Crippen molar-refractivity contribution in [3.63, 3.8) is 0 Å². The fraction of sp³-hybridized carbons (Fsp3) is 0.462. The summed E-state index contributed by atoms with van der Waals surface area (Å²) in [6.07, 6.45) is 2.37. The number of benzene rings is 1. The van der Waals surface area contributed by atoms with Gasteiger partial charge in [-0.2, -0.15) is 0 Å². The first-order valence-corrected chi connectivity index (χ1v) is 6.83. The first-order valence-electron chi connectivity index (χ1n) is 5.78. The molecule has 1 aromatic rings. The molecule has 4 heteroatoms. The number of hydrogen-bond donors (Lipinski definition) is 1. The molecule has 92 valence electrons. The molecule has 1 N–H and O–H groups in total. The molecule has 0 radical (unpaired) electrons. The number of thioether (sulfide) groups is 1. The van der Waals surface area contributed by atoms with Gasteiger partial charge in [-0.15, -0.1) is 11.8 Å². The molecule has 1 heterocycles. The van der Waals surface area contributed by atoms with Crippen LogP contribution in [-0.4, -0.2) is 29.5 Å². The van der Waals surface area contributed by atoms with Crippen molar-refractivity contribution in [2.75, 3.05) is 12.4 Å². The van der Waals surface area contributed by atoms with Gasteiger partial charge in [-0.25, -0.2) is 0 Å². The largest absolute Gasteiger partial charge is 0.480 e. The monoisotopic (exact) mass is 252 g/mol. The van der Waals surface area contributed by atoms with Crippen LogP contribution in [0.3, 0.4) is 0 Å². The first kappa shape index (κ1) is 12.5. The Labute approximate surface area is 105 Å². The normalized spacial score (nSPS) is 21.3. The Morgan fingerprint density at radius 2 is 2.24 bits per heavy atom. The van der Waals surface area contributed by atoms with Crippen LogP contribution in [0.15, 0.2) is 30.3 Å². The topological polar surface area (TPSA) is 46.5 Å². The molecule has 2 atom stereocenters. The van der Waals surface area contributed by atoms with Gasteiger partial charge in [-0.3, -0.25) is 4.79 Å². The van der Waals surface area contributed by atoms with Crippen molar-refractivity contribution in [1.29, 1.82) is 0 Å². The lowest BCUT2D eigenvalue weighted by Crippen LogP contribution is -2.14. The van der Waals surface area contributed by atoms with Crippen LogP contribution in [-0.2, 0) is 9.53 Å². The van der Waals surface area contributed by atoms with Gasteiger partial charge in [0.1, 0.15) is 5.25 Å². The van der Waals surface area contributed by atoms with Crippen LogP contribution in [0, 0.1) is 0 Å². The summed E-state index contributed by atoms with van der Waals surface area (Å²) in [5.74, 6) is -0.0227. The van der Waals surface area contributed by atoms with Gasteiger partial charge >= 0.3 is 5.97 Å². The predicted octanol–water partition coefficient (Wildman–Crippen LogP) is 2.72. The Bertz CT molecular complexity index is 360. The van der Waals surface area contributed by atoms with E-state index in [0.717, 1.165) is 30.8 Å². The van der Waals surface area contributed by atoms with Crippen molar-refractivity contribution >= 4 is 17.7 Å². The second-order valence-corrected chi connectivity index (χ2v) is 5.24. The second kappa shape index (κ2) is 6.07. The maximum atomic E-state index is 11.2. The molecule has 1 aromatic carbocycles. The van der Waals surface area contributed by atoms with Gasteiger partial charge in [0.25, 0.3) is 0 Å². The zero-order chi connectivity index (χ0) is 12.1. The van der Waals surface area contributed by atoms with Gasteiger partial charge in [-0.1, -0.05) is 30.3 Å². The van der Waals surface area contributed by atoms with Crippen LogP contribution < -0.4 is 0 Å². The zero-order valence-corrected chi connectivity index (χ0v) is 10.4. The number of carboxylic acid groups (broad SMARTS) is 1. The van der Waals surface area contributed by atoms with Gasteiger partial charge in [0.2, 0.25) is 0 Å². The van der Waals surface area contributed by atoms with E-state index >= 15 is 0 Å². The molecule has 1 fully saturated rings. The lowest BCUT2D eigenvalue weighted by atomic mass is 10.1. The molecule has 1 aliphatic rings. The molecule has 0 aliphatic carbocycles. The molecular formula is C13H16O3S. The van der Waals surface area contributed by atoms with Gasteiger partial charge in [0.15, 0.2) is 0 Å². The van der Waals surface area contributed by atoms with E-state index in [2.05, 4.69) is 0 Å². The highest BCUT2D eigenvalue weighted by molar-refractivity contribution is 8.00. The third kappa shape index (κ3) is 3.48. The predicted molar refractivity (Wildman–Crippen MR) is 68.3 cm³/mol. The van der Waals surface area contributed by atoms with Crippen LogP contribution in [0.1, 0.15) is 23.7 Å². The van der Waals surface area contributed by atoms with Gasteiger partial charge < -0.3 is 9.84 Å². The van der Waals surface area contributed by atoms with E-state index in [1.165, 1.54) is 11.8 Å². The molecule has 0 aromatic heterocycles. The Kier molecular flexibility index (Phi) is 4.45. The van der Waals surface area contributed by atoms with Crippen LogP contribution >= 0.6 is 11.8 Å². The van der Waals surface area contributed by atoms with Gasteiger partial charge in [-0.05, 0) is 18.4 Å². The van der Waals surface area contributed by atoms with Crippen LogP contribution in [0.2, 0.25) is 0 Å². The highest BCUT2D eigenvalue weighted by atomic mass is 32.2. The van der Waals surface area contributed by atoms with E-state index in [4.69, 9.17) is 4.74 Å². The molecule has 0 bridgehead atoms. The molecule has 1 aliphatic heterocycles. The Morgan fingerprint density at radius 1 is 1.47 bits per heavy atom. The van der Waals surface area contributed by atoms with E-state index in [1.54, 1.807) is 0 Å². The summed E-state index contributed by atoms with van der Waals surface area (Å²) in [5.41, 5.74) is 0.850. The minimum absolute atomic E-state index is 0.227. The molecule has 0 spiro atoms. The molecule has 2 unspecified atom stereocenters. The molecular weight excluding hydrogens is 236 g/mol. The molecule has 1 saturated heterocycles. The SMILES string of the molecule is O=C(O)C(SCC1CCCO1)c1ccccc1. The number of aliphatic carboxylic acids is 1. The average Bonchev–Trinajstić information content (AvgIpc) is 2.83. The Hall–Kier alpha value is -1.00. The van der Waals surface area contributed by atoms with E-state index < -0.39 is 11.2 Å². The van der Waals surface area contributed by atoms with Crippen LogP contribution in [0.25, 0.3) is 0 Å². The third-order valence-electron chi connectivity index (χ3n) is 2.80. The van der Waals surface area contributed by atoms with Crippen molar-refractivity contribution in [3.8, 4) is 0 Å². The summed E-state index contributed by atoms with van der Waals surface area (Å²) in [5, 5.41) is 8.75. The van der Waals surface area contributed by atoms with E-state index in [1.807, 2.05) is 30.3 Å². The standard InChI is InChI=1S/C13H16O3S/c14-13(15)12(10-5-2-1-3-6-10)17-9-11-7-4-8-16-11/h1-3,5-6,11-12H,4,7-9H2,(H,14,15). The van der Waals surface area contributed by atoms with Gasteiger partial charge in [0.05, 0.1) is 6.10 Å². The molecule has 17 heavy (non-hydrogen) atoms. The van der Waals surface area contributed by atoms with Crippen LogP contribution in [0.5, 0.6) is 0 Å². The smallest absolute Gasteiger partial charge is 0.321 e. The molecule has 0 amide bonds. The van der Waals surface area contributed by atoms with E-state index in [0.29, 0.717) is 0 Å². The van der Waals surface area contributed by atoms with Crippen molar-refractivity contribution in [2.45, 2.75) is 24.2 Å². The molecule has 2 rings (SSSR count). The summed E-state index contributed by atoms with van der Waals surface area (Å²) in [7, 11) is 0. The number of hydrogen-bond acceptors (Lipinski definition) is 3. The summed E-state index contributed by atoms with van der Waals surface area (Å²) in [4.78, 5) is 11.2. The first-order chi connectivity index (χ1) is 8.27. The van der Waals surface area contributed by atoms with E-state index in [9.17, 15) is 9.90 Å². The number of carboxylic acids is 1. The number of carbonyl (C=O) groups is 1.